The zero-order valence-electron chi connectivity index (χ0n) is 49.1. The van der Waals surface area contributed by atoms with Gasteiger partial charge in [0.1, 0.15) is 0 Å². The molecule has 3 heteroatoms. The fourth-order valence-corrected chi connectivity index (χ4v) is 15.4. The van der Waals surface area contributed by atoms with Crippen LogP contribution in [0, 0.1) is 0 Å². The second kappa shape index (κ2) is 27.4. The molecule has 2 aliphatic rings. The van der Waals surface area contributed by atoms with Gasteiger partial charge in [0.15, 0.2) is 0 Å². The van der Waals surface area contributed by atoms with Gasteiger partial charge < -0.3 is 0 Å². The van der Waals surface area contributed by atoms with Gasteiger partial charge in [-0.25, -0.2) is 0 Å². The van der Waals surface area contributed by atoms with Gasteiger partial charge in [0.25, 0.3) is 0 Å². The Morgan fingerprint density at radius 2 is 0.707 bits per heavy atom. The largest absolute Gasteiger partial charge is 0.0721 e. The molecule has 0 amide bonds. The summed E-state index contributed by atoms with van der Waals surface area (Å²) in [5.74, 6) is 0. The van der Waals surface area contributed by atoms with Crippen molar-refractivity contribution in [1.82, 2.24) is 0 Å². The Labute approximate surface area is 480 Å². The van der Waals surface area contributed by atoms with Crippen molar-refractivity contribution < 1.29 is 0 Å². The molecule has 5 aromatic carbocycles. The van der Waals surface area contributed by atoms with Gasteiger partial charge in [-0.1, -0.05) is 315 Å². The van der Waals surface area contributed by atoms with Crippen LogP contribution in [0.3, 0.4) is 0 Å². The van der Waals surface area contributed by atoms with Gasteiger partial charge in [-0.3, -0.25) is 0 Å². The summed E-state index contributed by atoms with van der Waals surface area (Å²) in [6.07, 6.45) is 36.2. The monoisotopic (exact) mass is 1150 g/mol. The van der Waals surface area contributed by atoms with E-state index < -0.39 is 0 Å². The molecule has 75 heavy (non-hydrogen) atoms. The van der Waals surface area contributed by atoms with Crippen molar-refractivity contribution in [2.45, 2.75) is 271 Å². The summed E-state index contributed by atoms with van der Waals surface area (Å²) in [7, 11) is 4.65. The van der Waals surface area contributed by atoms with Crippen LogP contribution in [-0.2, 0) is 21.7 Å². The highest BCUT2D eigenvalue weighted by molar-refractivity contribution is 9.10. The normalized spacial score (nSPS) is 14.3. The van der Waals surface area contributed by atoms with Crippen molar-refractivity contribution in [3.05, 3.63) is 121 Å². The van der Waals surface area contributed by atoms with Crippen molar-refractivity contribution in [3.63, 3.8) is 0 Å². The SMILES string of the molecule is CCCCCCCCC1(CCCCCCCC)c2cc(Br)ccc2-c2cccc(-c3c([Si])cc(C(C)(C)C)c(C(C)(C)C)c3-c3cccc4c3C(CCCCCCCC)(CCCCCCCC)c3cc(Br)ccc3-4)c21. The minimum absolute atomic E-state index is 0.0857. The first-order valence-corrected chi connectivity index (χ1v) is 33.0. The zero-order valence-corrected chi connectivity index (χ0v) is 53.2. The van der Waals surface area contributed by atoms with Gasteiger partial charge in [-0.05, 0) is 139 Å². The third-order valence-electron chi connectivity index (χ3n) is 17.9. The van der Waals surface area contributed by atoms with E-state index in [-0.39, 0.29) is 21.7 Å². The van der Waals surface area contributed by atoms with Crippen LogP contribution in [0.15, 0.2) is 87.8 Å². The molecule has 0 saturated heterocycles. The lowest BCUT2D eigenvalue weighted by Gasteiger charge is -2.39. The molecule has 7 rings (SSSR count). The Bertz CT molecular complexity index is 2600. The molecule has 0 aromatic heterocycles. The van der Waals surface area contributed by atoms with Crippen LogP contribution in [-0.4, -0.2) is 10.2 Å². The third-order valence-corrected chi connectivity index (χ3v) is 19.3. The molecule has 0 heterocycles. The van der Waals surface area contributed by atoms with E-state index in [0.717, 1.165) is 0 Å². The molecule has 0 unspecified atom stereocenters. The molecule has 0 saturated carbocycles. The van der Waals surface area contributed by atoms with Gasteiger partial charge in [-0.15, -0.1) is 0 Å². The maximum absolute atomic E-state index is 4.65. The Kier molecular flexibility index (Phi) is 21.9. The molecule has 2 aliphatic carbocycles. The Hall–Kier alpha value is -2.72. The highest BCUT2D eigenvalue weighted by Crippen LogP contribution is 2.62. The number of fused-ring (bicyclic) bond motifs is 6. The predicted molar refractivity (Wildman–Crippen MR) is 340 cm³/mol. The predicted octanol–water partition coefficient (Wildman–Crippen LogP) is 23.5. The fraction of sp³-hybridized carbons (Fsp3) is 0.583. The summed E-state index contributed by atoms with van der Waals surface area (Å²) < 4.78 is 2.41. The molecule has 5 aromatic rings. The van der Waals surface area contributed by atoms with E-state index in [1.807, 2.05) is 0 Å². The lowest BCUT2D eigenvalue weighted by molar-refractivity contribution is 0.398. The number of unbranched alkanes of at least 4 members (excludes halogenated alkanes) is 20. The molecule has 3 radical (unpaired) electrons. The summed E-state index contributed by atoms with van der Waals surface area (Å²) in [5, 5.41) is 1.23. The number of halogens is 2. The molecule has 0 atom stereocenters. The van der Waals surface area contributed by atoms with Gasteiger partial charge in [0.2, 0.25) is 0 Å². The van der Waals surface area contributed by atoms with Crippen molar-refractivity contribution in [2.75, 3.05) is 0 Å². The summed E-state index contributed by atoms with van der Waals surface area (Å²) in [4.78, 5) is 0. The standard InChI is InChI=1S/C72H99Br2Si/c1-11-15-19-23-27-31-45-71(46-32-28-24-20-16-12-2)60-49-52(73)41-43-54(60)56-37-35-39-58(66(56)71)64-63(75)51-62(69(5,6)7)68(70(8,9)10)65(64)59-40-36-38-57-55-44-42-53(74)50-61(55)72(67(57)59,47-33-29-25-21-17-13-3)48-34-30-26-22-18-14-4/h35-44,49-51H,11-34,45-48H2,1-10H3. The van der Waals surface area contributed by atoms with E-state index >= 15 is 0 Å². The van der Waals surface area contributed by atoms with Crippen molar-refractivity contribution >= 4 is 47.3 Å². The van der Waals surface area contributed by atoms with Crippen molar-refractivity contribution in [3.8, 4) is 44.5 Å². The first-order valence-electron chi connectivity index (χ1n) is 30.9. The lowest BCUT2D eigenvalue weighted by atomic mass is 9.64. The van der Waals surface area contributed by atoms with Crippen LogP contribution >= 0.6 is 31.9 Å². The van der Waals surface area contributed by atoms with Crippen LogP contribution < -0.4 is 5.19 Å². The fourth-order valence-electron chi connectivity index (χ4n) is 14.3. The van der Waals surface area contributed by atoms with Crippen LogP contribution in [0.4, 0.5) is 0 Å². The maximum Gasteiger partial charge on any atom is 0.0721 e. The quantitative estimate of drug-likeness (QED) is 0.0318. The number of benzene rings is 5. The molecule has 0 N–H and O–H groups in total. The minimum Gasteiger partial charge on any atom is -0.0654 e. The van der Waals surface area contributed by atoms with Gasteiger partial charge in [-0.2, -0.15) is 0 Å². The van der Waals surface area contributed by atoms with Crippen LogP contribution in [0.1, 0.15) is 282 Å². The average Bonchev–Trinajstić information content (AvgIpc) is 3.88. The smallest absolute Gasteiger partial charge is 0.0654 e. The first kappa shape index (κ1) is 59.9. The highest BCUT2D eigenvalue weighted by Gasteiger charge is 2.48. The van der Waals surface area contributed by atoms with Crippen LogP contribution in [0.2, 0.25) is 0 Å². The van der Waals surface area contributed by atoms with Crippen molar-refractivity contribution in [2.24, 2.45) is 0 Å². The van der Waals surface area contributed by atoms with E-state index in [9.17, 15) is 0 Å². The maximum atomic E-state index is 4.65. The Morgan fingerprint density at radius 1 is 0.373 bits per heavy atom. The second-order valence-electron chi connectivity index (χ2n) is 25.7. The zero-order chi connectivity index (χ0) is 53.8. The summed E-state index contributed by atoms with van der Waals surface area (Å²) in [6, 6.07) is 32.3. The number of rotatable bonds is 30. The van der Waals surface area contributed by atoms with E-state index in [4.69, 9.17) is 0 Å². The van der Waals surface area contributed by atoms with Gasteiger partial charge in [0, 0.05) is 19.8 Å². The van der Waals surface area contributed by atoms with Gasteiger partial charge >= 0.3 is 0 Å². The summed E-state index contributed by atoms with van der Waals surface area (Å²) in [5.41, 5.74) is 20.5. The van der Waals surface area contributed by atoms with Crippen LogP contribution in [0.25, 0.3) is 44.5 Å². The van der Waals surface area contributed by atoms with E-state index in [2.05, 4.69) is 190 Å². The topological polar surface area (TPSA) is 0 Å². The van der Waals surface area contributed by atoms with Crippen LogP contribution in [0.5, 0.6) is 0 Å². The molecule has 0 bridgehead atoms. The van der Waals surface area contributed by atoms with Crippen molar-refractivity contribution in [1.29, 1.82) is 0 Å². The third kappa shape index (κ3) is 13.5. The molecular weight excluding hydrogens is 1050 g/mol. The Morgan fingerprint density at radius 3 is 1.05 bits per heavy atom. The molecule has 0 spiro atoms. The summed E-state index contributed by atoms with van der Waals surface area (Å²) >= 11 is 8.15. The first-order chi connectivity index (χ1) is 36.1. The number of hydrogen-bond donors (Lipinski definition) is 0. The molecule has 0 fully saturated rings. The molecule has 0 aliphatic heterocycles. The second-order valence-corrected chi connectivity index (χ2v) is 28.0. The van der Waals surface area contributed by atoms with E-state index in [1.54, 1.807) is 22.3 Å². The van der Waals surface area contributed by atoms with Gasteiger partial charge in [0.05, 0.1) is 10.2 Å². The van der Waals surface area contributed by atoms with E-state index in [0.29, 0.717) is 0 Å². The molecular formula is C72H99Br2Si. The molecule has 405 valence electrons. The average molecular weight is 1150 g/mol. The van der Waals surface area contributed by atoms with E-state index in [1.165, 1.54) is 250 Å². The molecule has 0 nitrogen and oxygen atoms in total. The lowest BCUT2D eigenvalue weighted by Crippen LogP contribution is -2.30. The number of hydrogen-bond acceptors (Lipinski definition) is 0. The minimum atomic E-state index is -0.148. The Balaban J connectivity index is 1.56. The highest BCUT2D eigenvalue weighted by atomic mass is 79.9. The summed E-state index contributed by atoms with van der Waals surface area (Å²) in [6.45, 7) is 24.3.